The molecule has 35 heavy (non-hydrogen) atoms. The van der Waals surface area contributed by atoms with Crippen LogP contribution >= 0.6 is 34.5 Å². The number of nitrogens with zero attached hydrogens (tertiary/aromatic N) is 2. The molecule has 0 saturated carbocycles. The van der Waals surface area contributed by atoms with Gasteiger partial charge in [-0.2, -0.15) is 13.5 Å². The third-order valence-electron chi connectivity index (χ3n) is 4.58. The first-order valence-electron chi connectivity index (χ1n) is 10.3. The molecule has 0 atom stereocenters. The van der Waals surface area contributed by atoms with Crippen molar-refractivity contribution in [3.05, 3.63) is 87.7 Å². The van der Waals surface area contributed by atoms with Gasteiger partial charge in [-0.05, 0) is 61.0 Å². The summed E-state index contributed by atoms with van der Waals surface area (Å²) in [5, 5.41) is 7.71. The Kier molecular flexibility index (Phi) is 7.92. The minimum atomic E-state index is -4.00. The van der Waals surface area contributed by atoms with Gasteiger partial charge in [0.1, 0.15) is 4.90 Å². The van der Waals surface area contributed by atoms with Crippen LogP contribution in [0.3, 0.4) is 0 Å². The first kappa shape index (κ1) is 25.0. The van der Waals surface area contributed by atoms with Gasteiger partial charge in [-0.25, -0.2) is 4.98 Å². The van der Waals surface area contributed by atoms with Crippen molar-refractivity contribution in [2.24, 2.45) is 5.10 Å². The molecule has 0 fully saturated rings. The minimum Gasteiger partial charge on any atom is -0.490 e. The van der Waals surface area contributed by atoms with Crippen LogP contribution in [0.5, 0.6) is 11.5 Å². The van der Waals surface area contributed by atoms with Gasteiger partial charge in [0.2, 0.25) is 5.13 Å². The monoisotopic (exact) mass is 547 g/mol. The average Bonchev–Trinajstić information content (AvgIpc) is 3.30. The molecule has 1 heterocycles. The first-order valence-corrected chi connectivity index (χ1v) is 13.4. The molecule has 3 aromatic carbocycles. The third-order valence-corrected chi connectivity index (χ3v) is 7.13. The molecular formula is C24H19Cl2N3O4S2. The molecule has 0 spiro atoms. The second-order valence-electron chi connectivity index (χ2n) is 7.02. The molecule has 0 bridgehead atoms. The van der Waals surface area contributed by atoms with Crippen molar-refractivity contribution in [1.82, 2.24) is 4.98 Å². The zero-order valence-corrected chi connectivity index (χ0v) is 21.5. The topological polar surface area (TPSA) is 89.9 Å². The summed E-state index contributed by atoms with van der Waals surface area (Å²) in [6.07, 6.45) is 1.56. The quantitative estimate of drug-likeness (QED) is 0.142. The zero-order valence-electron chi connectivity index (χ0n) is 18.3. The van der Waals surface area contributed by atoms with Gasteiger partial charge in [-0.1, -0.05) is 41.4 Å². The Morgan fingerprint density at radius 1 is 1.06 bits per heavy atom. The second kappa shape index (κ2) is 11.1. The van der Waals surface area contributed by atoms with Crippen LogP contribution in [0.4, 0.5) is 5.13 Å². The van der Waals surface area contributed by atoms with E-state index in [2.05, 4.69) is 15.5 Å². The molecule has 0 unspecified atom stereocenters. The van der Waals surface area contributed by atoms with E-state index in [1.165, 1.54) is 29.5 Å². The predicted molar refractivity (Wildman–Crippen MR) is 141 cm³/mol. The Hall–Kier alpha value is -3.11. The minimum absolute atomic E-state index is 0.0555. The number of rotatable bonds is 9. The molecule has 4 aromatic rings. The molecule has 11 heteroatoms. The smallest absolute Gasteiger partial charge is 0.339 e. The summed E-state index contributed by atoms with van der Waals surface area (Å²) in [7, 11) is -4.00. The Morgan fingerprint density at radius 3 is 2.60 bits per heavy atom. The standard InChI is InChI=1S/C24H19Cl2N3O4S2/c1-2-32-23-12-16(8-11-22(23)33-35(30,31)18-6-4-3-5-7-18)14-27-29-24-28-21(15-34-24)19-10-9-17(25)13-20(19)26/h3-15H,2H2,1H3,(H,28,29)/b27-14+. The largest absolute Gasteiger partial charge is 0.490 e. The molecule has 0 aliphatic rings. The summed E-state index contributed by atoms with van der Waals surface area (Å²) >= 11 is 13.6. The molecule has 180 valence electrons. The number of hydrogen-bond donors (Lipinski definition) is 1. The van der Waals surface area contributed by atoms with Gasteiger partial charge in [0, 0.05) is 16.0 Å². The lowest BCUT2D eigenvalue weighted by molar-refractivity contribution is 0.327. The molecule has 0 aliphatic carbocycles. The highest BCUT2D eigenvalue weighted by molar-refractivity contribution is 7.87. The van der Waals surface area contributed by atoms with Gasteiger partial charge in [0.05, 0.1) is 23.5 Å². The lowest BCUT2D eigenvalue weighted by Crippen LogP contribution is -2.10. The third kappa shape index (κ3) is 6.32. The van der Waals surface area contributed by atoms with Gasteiger partial charge >= 0.3 is 10.1 Å². The first-order chi connectivity index (χ1) is 16.9. The lowest BCUT2D eigenvalue weighted by Gasteiger charge is -2.12. The number of anilines is 1. The Labute approximate surface area is 217 Å². The maximum Gasteiger partial charge on any atom is 0.339 e. The summed E-state index contributed by atoms with van der Waals surface area (Å²) in [6, 6.07) is 18.0. The number of nitrogens with one attached hydrogen (secondary N) is 1. The number of halogens is 2. The number of ether oxygens (including phenoxy) is 1. The predicted octanol–water partition coefficient (Wildman–Crippen LogP) is 6.73. The fourth-order valence-electron chi connectivity index (χ4n) is 3.00. The van der Waals surface area contributed by atoms with Gasteiger partial charge in [0.25, 0.3) is 0 Å². The van der Waals surface area contributed by atoms with Crippen molar-refractivity contribution < 1.29 is 17.3 Å². The van der Waals surface area contributed by atoms with Crippen molar-refractivity contribution in [2.45, 2.75) is 11.8 Å². The Bertz CT molecular complexity index is 1460. The molecule has 1 N–H and O–H groups in total. The van der Waals surface area contributed by atoms with Crippen LogP contribution in [0.2, 0.25) is 10.0 Å². The summed E-state index contributed by atoms with van der Waals surface area (Å²) in [6.45, 7) is 2.13. The van der Waals surface area contributed by atoms with Crippen LogP contribution in [-0.4, -0.2) is 26.2 Å². The SMILES string of the molecule is CCOc1cc(/C=N/Nc2nc(-c3ccc(Cl)cc3Cl)cs2)ccc1OS(=O)(=O)c1ccccc1. The van der Waals surface area contributed by atoms with E-state index >= 15 is 0 Å². The van der Waals surface area contributed by atoms with Crippen molar-refractivity contribution in [3.8, 4) is 22.8 Å². The van der Waals surface area contributed by atoms with E-state index in [4.69, 9.17) is 32.1 Å². The Morgan fingerprint density at radius 2 is 1.86 bits per heavy atom. The van der Waals surface area contributed by atoms with E-state index < -0.39 is 10.1 Å². The number of hydrogen-bond acceptors (Lipinski definition) is 8. The van der Waals surface area contributed by atoms with Crippen LogP contribution < -0.4 is 14.3 Å². The molecular weight excluding hydrogens is 529 g/mol. The fraction of sp³-hybridized carbons (Fsp3) is 0.0833. The van der Waals surface area contributed by atoms with Crippen molar-refractivity contribution in [1.29, 1.82) is 0 Å². The maximum absolute atomic E-state index is 12.6. The summed E-state index contributed by atoms with van der Waals surface area (Å²) in [4.78, 5) is 4.54. The highest BCUT2D eigenvalue weighted by Crippen LogP contribution is 2.33. The van der Waals surface area contributed by atoms with E-state index in [0.29, 0.717) is 33.0 Å². The highest BCUT2D eigenvalue weighted by atomic mass is 35.5. The van der Waals surface area contributed by atoms with Crippen molar-refractivity contribution in [2.75, 3.05) is 12.0 Å². The van der Waals surface area contributed by atoms with Gasteiger partial charge in [0.15, 0.2) is 11.5 Å². The van der Waals surface area contributed by atoms with Gasteiger partial charge in [-0.15, -0.1) is 11.3 Å². The summed E-state index contributed by atoms with van der Waals surface area (Å²) in [5.41, 5.74) is 5.02. The highest BCUT2D eigenvalue weighted by Gasteiger charge is 2.19. The molecule has 0 radical (unpaired) electrons. The normalized spacial score (nSPS) is 11.5. The molecule has 1 aromatic heterocycles. The Balaban J connectivity index is 1.47. The van der Waals surface area contributed by atoms with E-state index in [-0.39, 0.29) is 16.4 Å². The number of thiazole rings is 1. The van der Waals surface area contributed by atoms with Crippen molar-refractivity contribution >= 4 is 56.0 Å². The van der Waals surface area contributed by atoms with E-state index in [0.717, 1.165) is 5.56 Å². The summed E-state index contributed by atoms with van der Waals surface area (Å²) < 4.78 is 36.1. The fourth-order valence-corrected chi connectivity index (χ4v) is 5.13. The summed E-state index contributed by atoms with van der Waals surface area (Å²) in [5.74, 6) is 0.370. The van der Waals surface area contributed by atoms with Gasteiger partial charge < -0.3 is 8.92 Å². The van der Waals surface area contributed by atoms with E-state index in [9.17, 15) is 8.42 Å². The van der Waals surface area contributed by atoms with Crippen LogP contribution in [0.15, 0.2) is 82.1 Å². The number of aromatic nitrogens is 1. The average molecular weight is 548 g/mol. The molecule has 4 rings (SSSR count). The van der Waals surface area contributed by atoms with Crippen molar-refractivity contribution in [3.63, 3.8) is 0 Å². The van der Waals surface area contributed by atoms with Crippen LogP contribution in [0.1, 0.15) is 12.5 Å². The maximum atomic E-state index is 12.6. The zero-order chi connectivity index (χ0) is 24.8. The van der Waals surface area contributed by atoms with E-state index in [1.54, 1.807) is 55.6 Å². The van der Waals surface area contributed by atoms with Crippen LogP contribution in [0, 0.1) is 0 Å². The number of hydrazone groups is 1. The molecule has 0 saturated heterocycles. The van der Waals surface area contributed by atoms with E-state index in [1.807, 2.05) is 11.4 Å². The molecule has 0 amide bonds. The van der Waals surface area contributed by atoms with Crippen LogP contribution in [0.25, 0.3) is 11.3 Å². The molecule has 0 aliphatic heterocycles. The molecule has 7 nitrogen and oxygen atoms in total. The second-order valence-corrected chi connectivity index (χ2v) is 10.3. The van der Waals surface area contributed by atoms with Crippen LogP contribution in [-0.2, 0) is 10.1 Å². The lowest BCUT2D eigenvalue weighted by atomic mass is 10.2. The van der Waals surface area contributed by atoms with Gasteiger partial charge in [-0.3, -0.25) is 5.43 Å². The number of benzene rings is 3.